The number of benzene rings is 4. The number of carbonyl (C=O) groups excluding carboxylic acids is 1. The summed E-state index contributed by atoms with van der Waals surface area (Å²) in [5, 5.41) is 0. The average Bonchev–Trinajstić information content (AvgIpc) is 2.80. The Labute approximate surface area is 170 Å². The van der Waals surface area contributed by atoms with Crippen LogP contribution in [0.15, 0.2) is 97.1 Å². The summed E-state index contributed by atoms with van der Waals surface area (Å²) in [5.74, 6) is 0.0120. The van der Waals surface area contributed by atoms with Crippen molar-refractivity contribution < 1.29 is 9.53 Å². The largest absolute Gasteiger partial charge is 0.369 e. The van der Waals surface area contributed by atoms with Crippen LogP contribution in [-0.2, 0) is 4.74 Å². The maximum atomic E-state index is 13.3. The Morgan fingerprint density at radius 3 is 1.72 bits per heavy atom. The fraction of sp³-hybridized carbons (Fsp3) is 0.0741. The van der Waals surface area contributed by atoms with E-state index in [1.54, 1.807) is 7.11 Å². The van der Waals surface area contributed by atoms with E-state index in [-0.39, 0.29) is 5.78 Å². The summed E-state index contributed by atoms with van der Waals surface area (Å²) in [6, 6.07) is 32.8. The molecule has 140 valence electrons. The molecule has 0 spiro atoms. The molecule has 0 saturated carbocycles. The van der Waals surface area contributed by atoms with E-state index < -0.39 is 6.10 Å². The first-order chi connectivity index (χ1) is 14.3. The second kappa shape index (κ2) is 7.16. The Morgan fingerprint density at radius 1 is 0.586 bits per heavy atom. The predicted molar refractivity (Wildman–Crippen MR) is 117 cm³/mol. The van der Waals surface area contributed by atoms with Gasteiger partial charge in [-0.2, -0.15) is 0 Å². The lowest BCUT2D eigenvalue weighted by molar-refractivity contribution is 0.0600. The fourth-order valence-electron chi connectivity index (χ4n) is 4.14. The van der Waals surface area contributed by atoms with Crippen LogP contribution in [0.4, 0.5) is 0 Å². The highest BCUT2D eigenvalue weighted by atomic mass is 16.5. The molecule has 4 aromatic rings. The van der Waals surface area contributed by atoms with Gasteiger partial charge in [0.2, 0.25) is 0 Å². The Morgan fingerprint density at radius 2 is 1.14 bits per heavy atom. The summed E-state index contributed by atoms with van der Waals surface area (Å²) in [5.41, 5.74) is 8.03. The molecule has 0 amide bonds. The molecule has 5 rings (SSSR count). The van der Waals surface area contributed by atoms with E-state index >= 15 is 0 Å². The van der Waals surface area contributed by atoms with Gasteiger partial charge >= 0.3 is 0 Å². The molecule has 0 bridgehead atoms. The SMILES string of the molecule is COC1C(=O)c2cc(-c3ccccc3)ccc2-c2ccc(-c3ccccc3)cc21. The third-order valence-corrected chi connectivity index (χ3v) is 5.60. The van der Waals surface area contributed by atoms with E-state index in [1.807, 2.05) is 42.5 Å². The van der Waals surface area contributed by atoms with Crippen molar-refractivity contribution in [3.8, 4) is 33.4 Å². The Hall–Kier alpha value is -3.49. The van der Waals surface area contributed by atoms with Gasteiger partial charge in [0.1, 0.15) is 6.10 Å². The minimum absolute atomic E-state index is 0.0120. The van der Waals surface area contributed by atoms with Gasteiger partial charge < -0.3 is 4.74 Å². The maximum absolute atomic E-state index is 13.3. The topological polar surface area (TPSA) is 26.3 Å². The Bertz CT molecular complexity index is 1190. The molecule has 1 unspecified atom stereocenters. The lowest BCUT2D eigenvalue weighted by Crippen LogP contribution is -2.21. The molecule has 0 aliphatic heterocycles. The van der Waals surface area contributed by atoms with E-state index in [1.165, 1.54) is 0 Å². The predicted octanol–water partition coefficient (Wildman–Crippen LogP) is 6.57. The first-order valence-corrected chi connectivity index (χ1v) is 9.72. The summed E-state index contributed by atoms with van der Waals surface area (Å²) in [4.78, 5) is 13.3. The highest BCUT2D eigenvalue weighted by Gasteiger charge is 2.32. The van der Waals surface area contributed by atoms with Crippen LogP contribution in [0.1, 0.15) is 22.0 Å². The van der Waals surface area contributed by atoms with Crippen molar-refractivity contribution >= 4 is 5.78 Å². The number of hydrogen-bond donors (Lipinski definition) is 0. The quantitative estimate of drug-likeness (QED) is 0.404. The summed E-state index contributed by atoms with van der Waals surface area (Å²) < 4.78 is 5.67. The standard InChI is InChI=1S/C27H20O2/c1-29-27-25-17-21(19-10-6-3-7-11-19)13-15-23(25)22-14-12-20(16-24(22)26(27)28)18-8-4-2-5-9-18/h2-17,27H,1H3. The highest BCUT2D eigenvalue weighted by molar-refractivity contribution is 6.10. The van der Waals surface area contributed by atoms with Gasteiger partial charge in [-0.25, -0.2) is 0 Å². The number of ether oxygens (including phenoxy) is 1. The molecule has 1 aliphatic rings. The first-order valence-electron chi connectivity index (χ1n) is 9.72. The van der Waals surface area contributed by atoms with Crippen LogP contribution < -0.4 is 0 Å². The van der Waals surface area contributed by atoms with Crippen molar-refractivity contribution in [2.75, 3.05) is 7.11 Å². The zero-order valence-corrected chi connectivity index (χ0v) is 16.1. The van der Waals surface area contributed by atoms with Crippen molar-refractivity contribution in [1.29, 1.82) is 0 Å². The van der Waals surface area contributed by atoms with E-state index in [0.717, 1.165) is 44.5 Å². The summed E-state index contributed by atoms with van der Waals surface area (Å²) in [6.07, 6.45) is -0.591. The van der Waals surface area contributed by atoms with Gasteiger partial charge in [-0.3, -0.25) is 4.79 Å². The van der Waals surface area contributed by atoms with E-state index in [9.17, 15) is 4.79 Å². The van der Waals surface area contributed by atoms with Gasteiger partial charge in [0, 0.05) is 12.7 Å². The third-order valence-electron chi connectivity index (χ3n) is 5.60. The molecule has 29 heavy (non-hydrogen) atoms. The van der Waals surface area contributed by atoms with E-state index in [0.29, 0.717) is 0 Å². The van der Waals surface area contributed by atoms with E-state index in [2.05, 4.69) is 54.6 Å². The molecule has 0 heterocycles. The van der Waals surface area contributed by atoms with Gasteiger partial charge in [0.15, 0.2) is 5.78 Å². The van der Waals surface area contributed by atoms with Crippen molar-refractivity contribution in [3.63, 3.8) is 0 Å². The number of carbonyl (C=O) groups is 1. The van der Waals surface area contributed by atoms with Crippen molar-refractivity contribution in [1.82, 2.24) is 0 Å². The maximum Gasteiger partial charge on any atom is 0.196 e. The fourth-order valence-corrected chi connectivity index (χ4v) is 4.14. The van der Waals surface area contributed by atoms with Crippen LogP contribution in [0, 0.1) is 0 Å². The molecule has 0 fully saturated rings. The second-order valence-electron chi connectivity index (χ2n) is 7.27. The molecule has 2 heteroatoms. The monoisotopic (exact) mass is 376 g/mol. The van der Waals surface area contributed by atoms with Crippen LogP contribution in [0.5, 0.6) is 0 Å². The van der Waals surface area contributed by atoms with Crippen LogP contribution in [0.2, 0.25) is 0 Å². The molecule has 0 radical (unpaired) electrons. The lowest BCUT2D eigenvalue weighted by atomic mass is 9.80. The molecule has 4 aromatic carbocycles. The van der Waals surface area contributed by atoms with Gasteiger partial charge in [0.05, 0.1) is 0 Å². The zero-order valence-electron chi connectivity index (χ0n) is 16.1. The number of methoxy groups -OCH3 is 1. The highest BCUT2D eigenvalue weighted by Crippen LogP contribution is 2.42. The van der Waals surface area contributed by atoms with Crippen LogP contribution >= 0.6 is 0 Å². The minimum atomic E-state index is -0.591. The molecule has 1 aliphatic carbocycles. The summed E-state index contributed by atoms with van der Waals surface area (Å²) >= 11 is 0. The normalized spacial score (nSPS) is 14.9. The van der Waals surface area contributed by atoms with Crippen molar-refractivity contribution in [2.24, 2.45) is 0 Å². The van der Waals surface area contributed by atoms with Gasteiger partial charge in [-0.15, -0.1) is 0 Å². The smallest absolute Gasteiger partial charge is 0.196 e. The van der Waals surface area contributed by atoms with Crippen molar-refractivity contribution in [2.45, 2.75) is 6.10 Å². The molecular weight excluding hydrogens is 356 g/mol. The zero-order chi connectivity index (χ0) is 19.8. The molecule has 0 saturated heterocycles. The Balaban J connectivity index is 1.67. The number of rotatable bonds is 3. The van der Waals surface area contributed by atoms with Crippen LogP contribution in [-0.4, -0.2) is 12.9 Å². The molecule has 1 atom stereocenters. The van der Waals surface area contributed by atoms with Gasteiger partial charge in [0.25, 0.3) is 0 Å². The van der Waals surface area contributed by atoms with Gasteiger partial charge in [-0.05, 0) is 51.1 Å². The number of fused-ring (bicyclic) bond motifs is 3. The first kappa shape index (κ1) is 17.6. The third kappa shape index (κ3) is 2.98. The molecular formula is C27H20O2. The van der Waals surface area contributed by atoms with Crippen LogP contribution in [0.3, 0.4) is 0 Å². The summed E-state index contributed by atoms with van der Waals surface area (Å²) in [6.45, 7) is 0. The lowest BCUT2D eigenvalue weighted by Gasteiger charge is -2.27. The average molecular weight is 376 g/mol. The Kier molecular flexibility index (Phi) is 4.34. The minimum Gasteiger partial charge on any atom is -0.369 e. The molecule has 2 nitrogen and oxygen atoms in total. The van der Waals surface area contributed by atoms with Crippen molar-refractivity contribution in [3.05, 3.63) is 108 Å². The van der Waals surface area contributed by atoms with E-state index in [4.69, 9.17) is 4.74 Å². The van der Waals surface area contributed by atoms with Crippen LogP contribution in [0.25, 0.3) is 33.4 Å². The van der Waals surface area contributed by atoms with Gasteiger partial charge in [-0.1, -0.05) is 84.9 Å². The number of Topliss-reactive ketones (excluding diaryl/α,β-unsaturated/α-hetero) is 1. The summed E-state index contributed by atoms with van der Waals surface area (Å²) in [7, 11) is 1.60. The molecule has 0 aromatic heterocycles. The second-order valence-corrected chi connectivity index (χ2v) is 7.27. The number of ketones is 1. The molecule has 0 N–H and O–H groups in total. The number of hydrogen-bond acceptors (Lipinski definition) is 2.